The molecule has 24 heavy (non-hydrogen) atoms. The third kappa shape index (κ3) is 3.64. The predicted octanol–water partition coefficient (Wildman–Crippen LogP) is 1.83. The van der Waals surface area contributed by atoms with Gasteiger partial charge < -0.3 is 9.73 Å². The average Bonchev–Trinajstić information content (AvgIpc) is 3.25. The van der Waals surface area contributed by atoms with E-state index in [1.54, 1.807) is 24.3 Å². The molecule has 0 saturated heterocycles. The van der Waals surface area contributed by atoms with Gasteiger partial charge in [0.15, 0.2) is 5.82 Å². The minimum atomic E-state index is -0.487. The smallest absolute Gasteiger partial charge is 0.270 e. The summed E-state index contributed by atoms with van der Waals surface area (Å²) < 4.78 is 5.12. The topological polar surface area (TPSA) is 127 Å². The van der Waals surface area contributed by atoms with Crippen LogP contribution in [0.4, 0.5) is 5.69 Å². The SMILES string of the molecule is O=C(Cc1nc(-c2cccc([N+](=O)[O-])c2)n[nH]1)NCc1ccco1. The Bertz CT molecular complexity index is 856. The van der Waals surface area contributed by atoms with E-state index < -0.39 is 4.92 Å². The fourth-order valence-electron chi connectivity index (χ4n) is 2.08. The fourth-order valence-corrected chi connectivity index (χ4v) is 2.08. The number of H-pyrrole nitrogens is 1. The molecule has 3 aromatic rings. The maximum Gasteiger partial charge on any atom is 0.270 e. The second-order valence-electron chi connectivity index (χ2n) is 4.95. The summed E-state index contributed by atoms with van der Waals surface area (Å²) in [6.45, 7) is 0.289. The molecule has 0 fully saturated rings. The first-order chi connectivity index (χ1) is 11.6. The van der Waals surface area contributed by atoms with Gasteiger partial charge in [0.25, 0.3) is 5.69 Å². The van der Waals surface area contributed by atoms with E-state index in [9.17, 15) is 14.9 Å². The minimum Gasteiger partial charge on any atom is -0.467 e. The van der Waals surface area contributed by atoms with Crippen LogP contribution >= 0.6 is 0 Å². The molecule has 0 atom stereocenters. The molecule has 3 rings (SSSR count). The zero-order chi connectivity index (χ0) is 16.9. The van der Waals surface area contributed by atoms with Crippen molar-refractivity contribution in [2.24, 2.45) is 0 Å². The van der Waals surface area contributed by atoms with Crippen LogP contribution in [0.3, 0.4) is 0 Å². The summed E-state index contributed by atoms with van der Waals surface area (Å²) in [4.78, 5) is 26.4. The number of amides is 1. The fraction of sp³-hybridized carbons (Fsp3) is 0.133. The molecule has 0 aliphatic heterocycles. The number of aromatic amines is 1. The van der Waals surface area contributed by atoms with Crippen LogP contribution in [0.2, 0.25) is 0 Å². The highest BCUT2D eigenvalue weighted by Gasteiger charge is 2.13. The standard InChI is InChI=1S/C15H13N5O4/c21-14(16-9-12-5-2-6-24-12)8-13-17-15(19-18-13)10-3-1-4-11(7-10)20(22)23/h1-7H,8-9H2,(H,16,21)(H,17,18,19). The molecule has 1 aromatic carbocycles. The van der Waals surface area contributed by atoms with Crippen LogP contribution in [0, 0.1) is 10.1 Å². The van der Waals surface area contributed by atoms with E-state index in [0.29, 0.717) is 23.0 Å². The van der Waals surface area contributed by atoms with E-state index in [4.69, 9.17) is 4.42 Å². The number of furan rings is 1. The van der Waals surface area contributed by atoms with Gasteiger partial charge in [-0.15, -0.1) is 0 Å². The number of carbonyl (C=O) groups is 1. The van der Waals surface area contributed by atoms with Crippen molar-refractivity contribution in [2.45, 2.75) is 13.0 Å². The Balaban J connectivity index is 1.64. The highest BCUT2D eigenvalue weighted by Crippen LogP contribution is 2.20. The van der Waals surface area contributed by atoms with Crippen LogP contribution in [0.15, 0.2) is 47.1 Å². The Morgan fingerprint density at radius 3 is 2.96 bits per heavy atom. The van der Waals surface area contributed by atoms with Gasteiger partial charge in [-0.25, -0.2) is 4.98 Å². The molecule has 9 nitrogen and oxygen atoms in total. The number of carbonyl (C=O) groups excluding carboxylic acids is 1. The summed E-state index contributed by atoms with van der Waals surface area (Å²) in [5.41, 5.74) is 0.456. The van der Waals surface area contributed by atoms with E-state index in [1.807, 2.05) is 0 Å². The molecule has 0 unspecified atom stereocenters. The molecule has 0 bridgehead atoms. The van der Waals surface area contributed by atoms with Gasteiger partial charge >= 0.3 is 0 Å². The van der Waals surface area contributed by atoms with Crippen molar-refractivity contribution in [2.75, 3.05) is 0 Å². The molecule has 9 heteroatoms. The third-order valence-corrected chi connectivity index (χ3v) is 3.21. The van der Waals surface area contributed by atoms with Gasteiger partial charge in [0.05, 0.1) is 24.2 Å². The van der Waals surface area contributed by atoms with Crippen LogP contribution in [0.25, 0.3) is 11.4 Å². The number of aromatic nitrogens is 3. The van der Waals surface area contributed by atoms with Crippen molar-refractivity contribution < 1.29 is 14.1 Å². The van der Waals surface area contributed by atoms with E-state index in [-0.39, 0.29) is 24.6 Å². The molecule has 0 aliphatic rings. The highest BCUT2D eigenvalue weighted by molar-refractivity contribution is 5.77. The van der Waals surface area contributed by atoms with E-state index in [2.05, 4.69) is 20.5 Å². The van der Waals surface area contributed by atoms with E-state index in [0.717, 1.165) is 0 Å². The summed E-state index contributed by atoms with van der Waals surface area (Å²) in [6, 6.07) is 9.48. The van der Waals surface area contributed by atoms with Gasteiger partial charge in [-0.1, -0.05) is 12.1 Å². The molecule has 0 saturated carbocycles. The van der Waals surface area contributed by atoms with E-state index in [1.165, 1.54) is 18.4 Å². The van der Waals surface area contributed by atoms with Gasteiger partial charge in [-0.2, -0.15) is 5.10 Å². The van der Waals surface area contributed by atoms with Crippen molar-refractivity contribution in [3.63, 3.8) is 0 Å². The third-order valence-electron chi connectivity index (χ3n) is 3.21. The molecule has 1 amide bonds. The number of nitro groups is 1. The van der Waals surface area contributed by atoms with Gasteiger partial charge in [-0.3, -0.25) is 20.0 Å². The lowest BCUT2D eigenvalue weighted by atomic mass is 10.2. The number of non-ortho nitro benzene ring substituents is 1. The Labute approximate surface area is 135 Å². The molecular weight excluding hydrogens is 314 g/mol. The van der Waals surface area contributed by atoms with Crippen LogP contribution < -0.4 is 5.32 Å². The lowest BCUT2D eigenvalue weighted by molar-refractivity contribution is -0.384. The predicted molar refractivity (Wildman–Crippen MR) is 82.7 cm³/mol. The zero-order valence-electron chi connectivity index (χ0n) is 12.4. The van der Waals surface area contributed by atoms with Crippen LogP contribution in [-0.4, -0.2) is 26.0 Å². The molecule has 0 radical (unpaired) electrons. The normalized spacial score (nSPS) is 10.5. The number of benzene rings is 1. The number of hydrogen-bond donors (Lipinski definition) is 2. The molecule has 0 spiro atoms. The lowest BCUT2D eigenvalue weighted by Gasteiger charge is -2.00. The second kappa shape index (κ2) is 6.73. The maximum atomic E-state index is 11.9. The first-order valence-electron chi connectivity index (χ1n) is 7.07. The number of rotatable bonds is 6. The van der Waals surface area contributed by atoms with Gasteiger partial charge in [0.2, 0.25) is 5.91 Å². The average molecular weight is 327 g/mol. The number of hydrogen-bond acceptors (Lipinski definition) is 6. The lowest BCUT2D eigenvalue weighted by Crippen LogP contribution is -2.24. The van der Waals surface area contributed by atoms with Crippen molar-refractivity contribution in [3.8, 4) is 11.4 Å². The Hall–Kier alpha value is -3.49. The van der Waals surface area contributed by atoms with Crippen LogP contribution in [0.1, 0.15) is 11.6 Å². The van der Waals surface area contributed by atoms with Gasteiger partial charge in [0.1, 0.15) is 11.6 Å². The van der Waals surface area contributed by atoms with Crippen LogP contribution in [0.5, 0.6) is 0 Å². The van der Waals surface area contributed by atoms with Gasteiger partial charge in [-0.05, 0) is 12.1 Å². The number of nitro benzene ring substituents is 1. The summed E-state index contributed by atoms with van der Waals surface area (Å²) in [5, 5.41) is 20.2. The van der Waals surface area contributed by atoms with Crippen molar-refractivity contribution in [1.82, 2.24) is 20.5 Å². The second-order valence-corrected chi connectivity index (χ2v) is 4.95. The summed E-state index contributed by atoms with van der Waals surface area (Å²) in [5.74, 6) is 1.08. The first kappa shape index (κ1) is 15.4. The molecular formula is C15H13N5O4. The molecule has 2 heterocycles. The first-order valence-corrected chi connectivity index (χ1v) is 7.07. The molecule has 2 aromatic heterocycles. The molecule has 122 valence electrons. The van der Waals surface area contributed by atoms with Crippen molar-refractivity contribution in [3.05, 3.63) is 64.4 Å². The Kier molecular flexibility index (Phi) is 4.32. The number of nitrogens with zero attached hydrogens (tertiary/aromatic N) is 3. The Morgan fingerprint density at radius 1 is 1.33 bits per heavy atom. The Morgan fingerprint density at radius 2 is 2.21 bits per heavy atom. The molecule has 2 N–H and O–H groups in total. The summed E-state index contributed by atoms with van der Waals surface area (Å²) in [7, 11) is 0. The van der Waals surface area contributed by atoms with Gasteiger partial charge in [0, 0.05) is 17.7 Å². The maximum absolute atomic E-state index is 11.9. The molecule has 0 aliphatic carbocycles. The summed E-state index contributed by atoms with van der Waals surface area (Å²) in [6.07, 6.45) is 1.55. The zero-order valence-corrected chi connectivity index (χ0v) is 12.4. The largest absolute Gasteiger partial charge is 0.467 e. The van der Waals surface area contributed by atoms with E-state index >= 15 is 0 Å². The quantitative estimate of drug-likeness (QED) is 0.525. The monoisotopic (exact) mass is 327 g/mol. The van der Waals surface area contributed by atoms with Crippen LogP contribution in [-0.2, 0) is 17.8 Å². The minimum absolute atomic E-state index is 0.0165. The summed E-state index contributed by atoms with van der Waals surface area (Å²) >= 11 is 0. The van der Waals surface area contributed by atoms with Crippen molar-refractivity contribution in [1.29, 1.82) is 0 Å². The van der Waals surface area contributed by atoms with Crippen molar-refractivity contribution >= 4 is 11.6 Å². The number of nitrogens with one attached hydrogen (secondary N) is 2. The highest BCUT2D eigenvalue weighted by atomic mass is 16.6.